The van der Waals surface area contributed by atoms with Gasteiger partial charge in [0.2, 0.25) is 0 Å². The highest BCUT2D eigenvalue weighted by Crippen LogP contribution is 2.31. The number of rotatable bonds is 2. The molecule has 0 aliphatic carbocycles. The van der Waals surface area contributed by atoms with E-state index in [1.807, 2.05) is 17.0 Å². The lowest BCUT2D eigenvalue weighted by atomic mass is 9.93. The summed E-state index contributed by atoms with van der Waals surface area (Å²) in [5, 5.41) is 0. The van der Waals surface area contributed by atoms with Gasteiger partial charge in [-0.05, 0) is 30.9 Å². The van der Waals surface area contributed by atoms with Crippen molar-refractivity contribution in [1.82, 2.24) is 4.90 Å². The Kier molecular flexibility index (Phi) is 3.57. The van der Waals surface area contributed by atoms with Crippen LogP contribution in [0, 0.1) is 5.92 Å². The van der Waals surface area contributed by atoms with Crippen molar-refractivity contribution in [2.45, 2.75) is 31.9 Å². The Labute approximate surface area is 118 Å². The Morgan fingerprint density at radius 3 is 2.95 bits per heavy atom. The Balaban J connectivity index is 1.76. The normalized spacial score (nSPS) is 29.1. The average Bonchev–Trinajstić information content (AvgIpc) is 2.96. The van der Waals surface area contributed by atoms with E-state index in [2.05, 4.69) is 19.1 Å². The minimum Gasteiger partial charge on any atom is -0.368 e. The van der Waals surface area contributed by atoms with E-state index in [1.165, 1.54) is 11.1 Å². The van der Waals surface area contributed by atoms with Crippen LogP contribution >= 0.6 is 0 Å². The molecule has 106 valence electrons. The summed E-state index contributed by atoms with van der Waals surface area (Å²) in [5.74, 6) is -0.104. The first-order valence-electron chi connectivity index (χ1n) is 7.16. The van der Waals surface area contributed by atoms with Gasteiger partial charge >= 0.3 is 0 Å². The molecule has 2 aliphatic heterocycles. The average molecular weight is 273 g/mol. The molecule has 0 saturated carbocycles. The van der Waals surface area contributed by atoms with E-state index in [1.54, 1.807) is 0 Å². The Bertz CT molecular complexity index is 528. The lowest BCUT2D eigenvalue weighted by molar-refractivity contribution is -0.143. The van der Waals surface area contributed by atoms with Crippen LogP contribution in [0.5, 0.6) is 0 Å². The zero-order valence-electron chi connectivity index (χ0n) is 11.6. The van der Waals surface area contributed by atoms with Gasteiger partial charge in [0.1, 0.15) is 12.4 Å². The minimum absolute atomic E-state index is 0.0244. The van der Waals surface area contributed by atoms with Crippen LogP contribution in [-0.2, 0) is 20.7 Å². The molecule has 1 aromatic carbocycles. The third-order valence-corrected chi connectivity index (χ3v) is 4.37. The fraction of sp³-hybridized carbons (Fsp3) is 0.500. The molecule has 1 aromatic rings. The van der Waals surface area contributed by atoms with Crippen molar-refractivity contribution in [3.8, 4) is 0 Å². The Hall–Kier alpha value is -1.68. The first kappa shape index (κ1) is 13.3. The van der Waals surface area contributed by atoms with Gasteiger partial charge in [-0.1, -0.05) is 24.3 Å². The van der Waals surface area contributed by atoms with Crippen molar-refractivity contribution in [1.29, 1.82) is 0 Å². The molecule has 1 fully saturated rings. The van der Waals surface area contributed by atoms with Gasteiger partial charge in [0.15, 0.2) is 0 Å². The molecule has 4 heteroatoms. The van der Waals surface area contributed by atoms with Crippen molar-refractivity contribution in [3.05, 3.63) is 35.4 Å². The molecule has 0 spiro atoms. The molecule has 4 nitrogen and oxygen atoms in total. The minimum atomic E-state index is -0.446. The summed E-state index contributed by atoms with van der Waals surface area (Å²) in [4.78, 5) is 25.2. The van der Waals surface area contributed by atoms with Crippen LogP contribution in [0.3, 0.4) is 0 Å². The highest BCUT2D eigenvalue weighted by atomic mass is 16.5. The van der Waals surface area contributed by atoms with Gasteiger partial charge in [-0.3, -0.25) is 4.79 Å². The number of amides is 1. The quantitative estimate of drug-likeness (QED) is 0.771. The number of benzene rings is 1. The van der Waals surface area contributed by atoms with E-state index < -0.39 is 6.10 Å². The molecule has 20 heavy (non-hydrogen) atoms. The summed E-state index contributed by atoms with van der Waals surface area (Å²) in [6.07, 6.45) is 1.85. The maximum Gasteiger partial charge on any atom is 0.252 e. The molecule has 0 radical (unpaired) electrons. The predicted octanol–water partition coefficient (Wildman–Crippen LogP) is 1.74. The fourth-order valence-electron chi connectivity index (χ4n) is 3.18. The largest absolute Gasteiger partial charge is 0.368 e. The topological polar surface area (TPSA) is 46.6 Å². The third kappa shape index (κ3) is 2.24. The van der Waals surface area contributed by atoms with Crippen LogP contribution in [0.25, 0.3) is 0 Å². The molecule has 2 aliphatic rings. The van der Waals surface area contributed by atoms with E-state index in [0.29, 0.717) is 13.0 Å². The molecule has 1 unspecified atom stereocenters. The van der Waals surface area contributed by atoms with E-state index in [9.17, 15) is 9.59 Å². The van der Waals surface area contributed by atoms with E-state index in [0.717, 1.165) is 19.3 Å². The smallest absolute Gasteiger partial charge is 0.252 e. The standard InChI is InChI=1S/C16H19NO3/c1-11-14-5-3-2-4-13(14)6-7-17(11)16(19)15-8-12(9-18)10-20-15/h2-5,9,11-12,15H,6-8,10H2,1H3/t11-,12?,15-/m0/s1. The second kappa shape index (κ2) is 5.37. The maximum atomic E-state index is 12.6. The van der Waals surface area contributed by atoms with E-state index in [-0.39, 0.29) is 17.9 Å². The van der Waals surface area contributed by atoms with Crippen molar-refractivity contribution in [2.75, 3.05) is 13.2 Å². The Morgan fingerprint density at radius 1 is 1.40 bits per heavy atom. The zero-order valence-corrected chi connectivity index (χ0v) is 11.6. The van der Waals surface area contributed by atoms with Crippen LogP contribution in [0.2, 0.25) is 0 Å². The van der Waals surface area contributed by atoms with Gasteiger partial charge in [0.05, 0.1) is 12.6 Å². The predicted molar refractivity (Wildman–Crippen MR) is 74.2 cm³/mol. The maximum absolute atomic E-state index is 12.6. The third-order valence-electron chi connectivity index (χ3n) is 4.37. The van der Waals surface area contributed by atoms with Crippen LogP contribution in [0.15, 0.2) is 24.3 Å². The highest BCUT2D eigenvalue weighted by molar-refractivity contribution is 5.82. The molecule has 3 rings (SSSR count). The van der Waals surface area contributed by atoms with Gasteiger partial charge in [-0.2, -0.15) is 0 Å². The number of carbonyl (C=O) groups excluding carboxylic acids is 2. The first-order chi connectivity index (χ1) is 9.70. The van der Waals surface area contributed by atoms with Crippen molar-refractivity contribution >= 4 is 12.2 Å². The molecular formula is C16H19NO3. The molecular weight excluding hydrogens is 254 g/mol. The van der Waals surface area contributed by atoms with Crippen molar-refractivity contribution < 1.29 is 14.3 Å². The number of nitrogens with zero attached hydrogens (tertiary/aromatic N) is 1. The summed E-state index contributed by atoms with van der Waals surface area (Å²) < 4.78 is 5.49. The van der Waals surface area contributed by atoms with Gasteiger partial charge in [-0.15, -0.1) is 0 Å². The molecule has 1 saturated heterocycles. The summed E-state index contributed by atoms with van der Waals surface area (Å²) in [6, 6.07) is 8.34. The monoisotopic (exact) mass is 273 g/mol. The van der Waals surface area contributed by atoms with E-state index in [4.69, 9.17) is 4.74 Å². The van der Waals surface area contributed by atoms with E-state index >= 15 is 0 Å². The molecule has 0 N–H and O–H groups in total. The zero-order chi connectivity index (χ0) is 14.1. The lowest BCUT2D eigenvalue weighted by Crippen LogP contribution is -2.44. The number of fused-ring (bicyclic) bond motifs is 1. The van der Waals surface area contributed by atoms with Gasteiger partial charge < -0.3 is 14.4 Å². The molecule has 0 aromatic heterocycles. The molecule has 2 heterocycles. The number of ether oxygens (including phenoxy) is 1. The Morgan fingerprint density at radius 2 is 2.20 bits per heavy atom. The number of aldehydes is 1. The second-order valence-electron chi connectivity index (χ2n) is 5.61. The molecule has 3 atom stereocenters. The van der Waals surface area contributed by atoms with Crippen molar-refractivity contribution in [2.24, 2.45) is 5.92 Å². The summed E-state index contributed by atoms with van der Waals surface area (Å²) in [6.45, 7) is 3.16. The first-order valence-corrected chi connectivity index (χ1v) is 7.16. The lowest BCUT2D eigenvalue weighted by Gasteiger charge is -2.36. The summed E-state index contributed by atoms with van der Waals surface area (Å²) in [7, 11) is 0. The highest BCUT2D eigenvalue weighted by Gasteiger charge is 2.36. The second-order valence-corrected chi connectivity index (χ2v) is 5.61. The SMILES string of the molecule is C[C@H]1c2ccccc2CCN1C(=O)[C@@H]1CC(C=O)CO1. The van der Waals surface area contributed by atoms with Crippen LogP contribution in [0.1, 0.15) is 30.5 Å². The fourth-order valence-corrected chi connectivity index (χ4v) is 3.18. The van der Waals surface area contributed by atoms with Crippen LogP contribution in [0.4, 0.5) is 0 Å². The van der Waals surface area contributed by atoms with Gasteiger partial charge in [0.25, 0.3) is 5.91 Å². The molecule has 0 bridgehead atoms. The number of hydrogen-bond donors (Lipinski definition) is 0. The van der Waals surface area contributed by atoms with Crippen molar-refractivity contribution in [3.63, 3.8) is 0 Å². The van der Waals surface area contributed by atoms with Gasteiger partial charge in [0, 0.05) is 12.5 Å². The van der Waals surface area contributed by atoms with Crippen LogP contribution < -0.4 is 0 Å². The van der Waals surface area contributed by atoms with Gasteiger partial charge in [-0.25, -0.2) is 0 Å². The van der Waals surface area contributed by atoms with Crippen LogP contribution in [-0.4, -0.2) is 36.3 Å². The number of carbonyl (C=O) groups is 2. The summed E-state index contributed by atoms with van der Waals surface area (Å²) in [5.41, 5.74) is 2.54. The molecule has 1 amide bonds. The summed E-state index contributed by atoms with van der Waals surface area (Å²) >= 11 is 0. The number of hydrogen-bond acceptors (Lipinski definition) is 3.